The van der Waals surface area contributed by atoms with Crippen molar-refractivity contribution in [3.63, 3.8) is 0 Å². The minimum Gasteiger partial charge on any atom is -0.324 e. The predicted octanol–water partition coefficient (Wildman–Crippen LogP) is 2.64. The molecule has 0 saturated carbocycles. The summed E-state index contributed by atoms with van der Waals surface area (Å²) in [4.78, 5) is 28.3. The Morgan fingerprint density at radius 2 is 1.86 bits per heavy atom. The summed E-state index contributed by atoms with van der Waals surface area (Å²) in [5.41, 5.74) is 1.77. The number of fused-ring (bicyclic) bond motifs is 1. The van der Waals surface area contributed by atoms with Crippen LogP contribution in [0.2, 0.25) is 0 Å². The Labute approximate surface area is 140 Å². The molecule has 0 unspecified atom stereocenters. The van der Waals surface area contributed by atoms with Crippen molar-refractivity contribution in [1.29, 1.82) is 0 Å². The molecule has 0 spiro atoms. The molecule has 5 nitrogen and oxygen atoms in total. The number of para-hydroxylation sites is 3. The van der Waals surface area contributed by atoms with E-state index in [1.165, 1.54) is 10.8 Å². The van der Waals surface area contributed by atoms with Gasteiger partial charge in [-0.1, -0.05) is 24.3 Å². The SMILES string of the molecule is O=C(Cn1c(=O)cnc2ccccc21)Nc1ccccc1I. The number of benzene rings is 2. The zero-order valence-corrected chi connectivity index (χ0v) is 13.6. The molecule has 0 radical (unpaired) electrons. The van der Waals surface area contributed by atoms with Crippen molar-refractivity contribution in [2.24, 2.45) is 0 Å². The maximum Gasteiger partial charge on any atom is 0.269 e. The highest BCUT2D eigenvalue weighted by Gasteiger charge is 2.10. The van der Waals surface area contributed by atoms with Crippen LogP contribution in [0.15, 0.2) is 59.5 Å². The van der Waals surface area contributed by atoms with E-state index in [2.05, 4.69) is 32.9 Å². The maximum atomic E-state index is 12.2. The summed E-state index contributed by atoms with van der Waals surface area (Å²) in [5.74, 6) is -0.248. The minimum atomic E-state index is -0.295. The Kier molecular flexibility index (Phi) is 4.19. The second-order valence-electron chi connectivity index (χ2n) is 4.70. The van der Waals surface area contributed by atoms with Gasteiger partial charge >= 0.3 is 0 Å². The number of hydrogen-bond acceptors (Lipinski definition) is 3. The first-order valence-corrected chi connectivity index (χ1v) is 7.72. The lowest BCUT2D eigenvalue weighted by Crippen LogP contribution is -2.28. The van der Waals surface area contributed by atoms with Gasteiger partial charge in [0, 0.05) is 3.57 Å². The lowest BCUT2D eigenvalue weighted by molar-refractivity contribution is -0.116. The number of carbonyl (C=O) groups is 1. The average molecular weight is 405 g/mol. The fourth-order valence-corrected chi connectivity index (χ4v) is 2.70. The number of aromatic nitrogens is 2. The summed E-state index contributed by atoms with van der Waals surface area (Å²) in [7, 11) is 0. The summed E-state index contributed by atoms with van der Waals surface area (Å²) >= 11 is 2.15. The highest BCUT2D eigenvalue weighted by Crippen LogP contribution is 2.17. The number of rotatable bonds is 3. The second-order valence-corrected chi connectivity index (χ2v) is 5.86. The quantitative estimate of drug-likeness (QED) is 0.682. The Balaban J connectivity index is 1.90. The maximum absolute atomic E-state index is 12.2. The van der Waals surface area contributed by atoms with Crippen LogP contribution in [0.25, 0.3) is 11.0 Å². The van der Waals surface area contributed by atoms with Gasteiger partial charge in [-0.2, -0.15) is 0 Å². The van der Waals surface area contributed by atoms with Crippen LogP contribution in [0.4, 0.5) is 5.69 Å². The van der Waals surface area contributed by atoms with Crippen molar-refractivity contribution in [2.75, 3.05) is 5.32 Å². The zero-order valence-electron chi connectivity index (χ0n) is 11.5. The standard InChI is InChI=1S/C16H12IN3O2/c17-11-5-1-2-6-12(11)19-15(21)10-20-14-8-4-3-7-13(14)18-9-16(20)22/h1-9H,10H2,(H,19,21). The Morgan fingerprint density at radius 1 is 1.14 bits per heavy atom. The van der Waals surface area contributed by atoms with Gasteiger partial charge < -0.3 is 5.32 Å². The number of halogens is 1. The van der Waals surface area contributed by atoms with E-state index in [1.807, 2.05) is 42.5 Å². The molecule has 1 N–H and O–H groups in total. The van der Waals surface area contributed by atoms with Gasteiger partial charge in [0.05, 0.1) is 22.9 Å². The first-order valence-electron chi connectivity index (χ1n) is 6.64. The lowest BCUT2D eigenvalue weighted by atomic mass is 10.3. The molecule has 0 atom stereocenters. The van der Waals surface area contributed by atoms with Crippen LogP contribution in [0.3, 0.4) is 0 Å². The number of nitrogens with zero attached hydrogens (tertiary/aromatic N) is 2. The molecule has 1 amide bonds. The van der Waals surface area contributed by atoms with Crippen molar-refractivity contribution < 1.29 is 4.79 Å². The topological polar surface area (TPSA) is 64.0 Å². The van der Waals surface area contributed by atoms with Crippen LogP contribution in [-0.2, 0) is 11.3 Å². The van der Waals surface area contributed by atoms with Gasteiger partial charge in [0.2, 0.25) is 5.91 Å². The van der Waals surface area contributed by atoms with Crippen LogP contribution in [0.5, 0.6) is 0 Å². The highest BCUT2D eigenvalue weighted by molar-refractivity contribution is 14.1. The third-order valence-corrected chi connectivity index (χ3v) is 4.14. The minimum absolute atomic E-state index is 0.0488. The molecule has 0 aliphatic carbocycles. The molecule has 22 heavy (non-hydrogen) atoms. The summed E-state index contributed by atoms with van der Waals surface area (Å²) in [5, 5.41) is 2.82. The molecule has 0 bridgehead atoms. The van der Waals surface area contributed by atoms with Gasteiger partial charge in [-0.15, -0.1) is 0 Å². The molecule has 0 aliphatic heterocycles. The molecule has 1 heterocycles. The summed E-state index contributed by atoms with van der Waals surface area (Å²) < 4.78 is 2.37. The summed E-state index contributed by atoms with van der Waals surface area (Å²) in [6.07, 6.45) is 1.24. The number of nitrogens with one attached hydrogen (secondary N) is 1. The Hall–Kier alpha value is -2.22. The van der Waals surface area contributed by atoms with Crippen LogP contribution in [-0.4, -0.2) is 15.5 Å². The van der Waals surface area contributed by atoms with Gasteiger partial charge in [-0.05, 0) is 46.9 Å². The van der Waals surface area contributed by atoms with Crippen molar-refractivity contribution in [2.45, 2.75) is 6.54 Å². The van der Waals surface area contributed by atoms with Crippen molar-refractivity contribution >= 4 is 45.2 Å². The lowest BCUT2D eigenvalue weighted by Gasteiger charge is -2.10. The van der Waals surface area contributed by atoms with Crippen LogP contribution < -0.4 is 10.9 Å². The molecule has 3 aromatic rings. The van der Waals surface area contributed by atoms with Crippen molar-refractivity contribution in [3.05, 3.63) is 68.7 Å². The second kappa shape index (κ2) is 6.27. The average Bonchev–Trinajstić information content (AvgIpc) is 2.52. The number of anilines is 1. The smallest absolute Gasteiger partial charge is 0.269 e. The van der Waals surface area contributed by atoms with E-state index < -0.39 is 0 Å². The van der Waals surface area contributed by atoms with Gasteiger partial charge in [0.15, 0.2) is 0 Å². The van der Waals surface area contributed by atoms with E-state index in [9.17, 15) is 9.59 Å². The van der Waals surface area contributed by atoms with Crippen molar-refractivity contribution in [1.82, 2.24) is 9.55 Å². The number of carbonyl (C=O) groups excluding carboxylic acids is 1. The molecule has 1 aromatic heterocycles. The first kappa shape index (κ1) is 14.7. The van der Waals surface area contributed by atoms with Crippen LogP contribution >= 0.6 is 22.6 Å². The molecular formula is C16H12IN3O2. The number of hydrogen-bond donors (Lipinski definition) is 1. The fraction of sp³-hybridized carbons (Fsp3) is 0.0625. The van der Waals surface area contributed by atoms with E-state index >= 15 is 0 Å². The van der Waals surface area contributed by atoms with Gasteiger partial charge in [0.25, 0.3) is 5.56 Å². The van der Waals surface area contributed by atoms with Gasteiger partial charge in [-0.3, -0.25) is 14.2 Å². The van der Waals surface area contributed by atoms with E-state index in [0.717, 1.165) is 9.26 Å². The molecule has 3 rings (SSSR count). The van der Waals surface area contributed by atoms with E-state index in [-0.39, 0.29) is 18.0 Å². The highest BCUT2D eigenvalue weighted by atomic mass is 127. The monoisotopic (exact) mass is 405 g/mol. The molecule has 2 aromatic carbocycles. The largest absolute Gasteiger partial charge is 0.324 e. The molecule has 110 valence electrons. The van der Waals surface area contributed by atoms with Gasteiger partial charge in [0.1, 0.15) is 6.54 Å². The molecular weight excluding hydrogens is 393 g/mol. The first-order chi connectivity index (χ1) is 10.6. The van der Waals surface area contributed by atoms with Crippen LogP contribution in [0.1, 0.15) is 0 Å². The van der Waals surface area contributed by atoms with Gasteiger partial charge in [-0.25, -0.2) is 4.98 Å². The number of amides is 1. The molecule has 0 saturated heterocycles. The zero-order chi connectivity index (χ0) is 15.5. The normalized spacial score (nSPS) is 10.6. The van der Waals surface area contributed by atoms with E-state index in [0.29, 0.717) is 11.0 Å². The Morgan fingerprint density at radius 3 is 2.68 bits per heavy atom. The molecule has 0 fully saturated rings. The third-order valence-electron chi connectivity index (χ3n) is 3.20. The predicted molar refractivity (Wildman–Crippen MR) is 93.8 cm³/mol. The van der Waals surface area contributed by atoms with Crippen LogP contribution in [0, 0.1) is 3.57 Å². The van der Waals surface area contributed by atoms with Crippen molar-refractivity contribution in [3.8, 4) is 0 Å². The van der Waals surface area contributed by atoms with E-state index in [4.69, 9.17) is 0 Å². The summed E-state index contributed by atoms with van der Waals surface area (Å²) in [6, 6.07) is 14.7. The Bertz CT molecular complexity index is 905. The third kappa shape index (κ3) is 3.01. The summed E-state index contributed by atoms with van der Waals surface area (Å²) in [6.45, 7) is -0.0488. The molecule has 0 aliphatic rings. The van der Waals surface area contributed by atoms with E-state index in [1.54, 1.807) is 6.07 Å². The molecule has 6 heteroatoms. The fourth-order valence-electron chi connectivity index (χ4n) is 2.17.